The molecule has 0 spiro atoms. The first kappa shape index (κ1) is 19.2. The van der Waals surface area contributed by atoms with E-state index in [1.807, 2.05) is 30.3 Å². The average Bonchev–Trinajstić information content (AvgIpc) is 2.71. The second-order valence-corrected chi connectivity index (χ2v) is 6.00. The van der Waals surface area contributed by atoms with Gasteiger partial charge in [0.15, 0.2) is 11.6 Å². The van der Waals surface area contributed by atoms with Crippen LogP contribution in [0.25, 0.3) is 0 Å². The van der Waals surface area contributed by atoms with Gasteiger partial charge in [-0.25, -0.2) is 8.78 Å². The van der Waals surface area contributed by atoms with Gasteiger partial charge in [0.25, 0.3) is 11.8 Å². The first-order chi connectivity index (χ1) is 13.5. The Balaban J connectivity index is 1.61. The molecule has 7 heteroatoms. The lowest BCUT2D eigenvalue weighted by Crippen LogP contribution is -2.26. The average molecular weight is 381 g/mol. The van der Waals surface area contributed by atoms with Gasteiger partial charge in [0.1, 0.15) is 5.69 Å². The van der Waals surface area contributed by atoms with Gasteiger partial charge >= 0.3 is 0 Å². The number of benzene rings is 2. The molecule has 2 N–H and O–H groups in total. The van der Waals surface area contributed by atoms with Gasteiger partial charge < -0.3 is 10.6 Å². The van der Waals surface area contributed by atoms with Gasteiger partial charge in [-0.1, -0.05) is 30.3 Å². The smallest absolute Gasteiger partial charge is 0.274 e. The maximum absolute atomic E-state index is 13.2. The quantitative estimate of drug-likeness (QED) is 0.686. The van der Waals surface area contributed by atoms with Gasteiger partial charge in [0, 0.05) is 30.1 Å². The van der Waals surface area contributed by atoms with E-state index >= 15 is 0 Å². The lowest BCUT2D eigenvalue weighted by Gasteiger charge is -2.08. The maximum Gasteiger partial charge on any atom is 0.274 e. The van der Waals surface area contributed by atoms with Crippen LogP contribution in [0.5, 0.6) is 0 Å². The molecule has 0 bridgehead atoms. The molecule has 2 amide bonds. The van der Waals surface area contributed by atoms with E-state index in [1.165, 1.54) is 24.4 Å². The Labute approximate surface area is 160 Å². The van der Waals surface area contributed by atoms with Crippen molar-refractivity contribution in [1.82, 2.24) is 10.3 Å². The van der Waals surface area contributed by atoms with E-state index in [0.29, 0.717) is 13.0 Å². The van der Waals surface area contributed by atoms with E-state index in [2.05, 4.69) is 15.6 Å². The number of aromatic nitrogens is 1. The molecule has 5 nitrogen and oxygen atoms in total. The minimum atomic E-state index is -1.07. The summed E-state index contributed by atoms with van der Waals surface area (Å²) < 4.78 is 26.2. The molecule has 3 aromatic rings. The van der Waals surface area contributed by atoms with E-state index < -0.39 is 17.5 Å². The third kappa shape index (κ3) is 4.97. The number of carbonyl (C=O) groups is 2. The Morgan fingerprint density at radius 3 is 2.43 bits per heavy atom. The Hall–Kier alpha value is -3.61. The van der Waals surface area contributed by atoms with Gasteiger partial charge in [-0.05, 0) is 36.2 Å². The number of pyridine rings is 1. The molecule has 0 aliphatic heterocycles. The molecule has 0 aliphatic rings. The van der Waals surface area contributed by atoms with E-state index in [-0.39, 0.29) is 22.9 Å². The van der Waals surface area contributed by atoms with Gasteiger partial charge in [-0.15, -0.1) is 0 Å². The molecule has 3 rings (SSSR count). The lowest BCUT2D eigenvalue weighted by atomic mass is 10.1. The highest BCUT2D eigenvalue weighted by molar-refractivity contribution is 6.04. The highest BCUT2D eigenvalue weighted by atomic mass is 19.2. The minimum Gasteiger partial charge on any atom is -0.352 e. The van der Waals surface area contributed by atoms with E-state index in [0.717, 1.165) is 17.7 Å². The summed E-state index contributed by atoms with van der Waals surface area (Å²) in [6.07, 6.45) is 2.02. The predicted octanol–water partition coefficient (Wildman–Crippen LogP) is 3.58. The van der Waals surface area contributed by atoms with Crippen molar-refractivity contribution < 1.29 is 18.4 Å². The fourth-order valence-electron chi connectivity index (χ4n) is 2.53. The molecule has 2 aromatic carbocycles. The van der Waals surface area contributed by atoms with Crippen molar-refractivity contribution in [2.24, 2.45) is 0 Å². The van der Waals surface area contributed by atoms with Crippen LogP contribution in [0.3, 0.4) is 0 Å². The van der Waals surface area contributed by atoms with Crippen molar-refractivity contribution >= 4 is 17.5 Å². The van der Waals surface area contributed by atoms with Crippen LogP contribution in [-0.2, 0) is 6.42 Å². The summed E-state index contributed by atoms with van der Waals surface area (Å²) in [7, 11) is 0. The topological polar surface area (TPSA) is 71.1 Å². The molecule has 0 saturated heterocycles. The van der Waals surface area contributed by atoms with Crippen molar-refractivity contribution in [3.8, 4) is 0 Å². The first-order valence-corrected chi connectivity index (χ1v) is 8.57. The van der Waals surface area contributed by atoms with Gasteiger partial charge in [0.2, 0.25) is 0 Å². The van der Waals surface area contributed by atoms with Gasteiger partial charge in [0.05, 0.1) is 0 Å². The molecule has 28 heavy (non-hydrogen) atoms. The Bertz CT molecular complexity index is 994. The lowest BCUT2D eigenvalue weighted by molar-refractivity contribution is 0.0954. The molecular weight excluding hydrogens is 364 g/mol. The van der Waals surface area contributed by atoms with Crippen molar-refractivity contribution in [3.05, 3.63) is 95.3 Å². The molecule has 1 heterocycles. The summed E-state index contributed by atoms with van der Waals surface area (Å²) in [6.45, 7) is 0.446. The third-order valence-corrected chi connectivity index (χ3v) is 3.97. The molecule has 0 unspecified atom stereocenters. The first-order valence-electron chi connectivity index (χ1n) is 8.57. The van der Waals surface area contributed by atoms with E-state index in [9.17, 15) is 18.4 Å². The molecule has 0 saturated carbocycles. The highest BCUT2D eigenvalue weighted by Crippen LogP contribution is 2.14. The highest BCUT2D eigenvalue weighted by Gasteiger charge is 2.13. The van der Waals surface area contributed by atoms with E-state index in [1.54, 1.807) is 0 Å². The minimum absolute atomic E-state index is 0.0135. The van der Waals surface area contributed by atoms with Gasteiger partial charge in [-0.2, -0.15) is 0 Å². The van der Waals surface area contributed by atoms with Crippen LogP contribution >= 0.6 is 0 Å². The molecule has 0 radical (unpaired) electrons. The molecule has 142 valence electrons. The molecule has 0 aliphatic carbocycles. The SMILES string of the molecule is O=C(NCCc1ccccc1)c1ccnc(C(=O)Nc2ccc(F)c(F)c2)c1. The largest absolute Gasteiger partial charge is 0.352 e. The summed E-state index contributed by atoms with van der Waals surface area (Å²) in [6, 6.07) is 15.6. The Kier molecular flexibility index (Phi) is 6.06. The standard InChI is InChI=1S/C21H17F2N3O2/c22-17-7-6-16(13-18(17)23)26-21(28)19-12-15(9-11-24-19)20(27)25-10-8-14-4-2-1-3-5-14/h1-7,9,11-13H,8,10H2,(H,25,27)(H,26,28). The van der Waals surface area contributed by atoms with E-state index in [4.69, 9.17) is 0 Å². The van der Waals surface area contributed by atoms with Crippen LogP contribution in [0.2, 0.25) is 0 Å². The second kappa shape index (κ2) is 8.85. The summed E-state index contributed by atoms with van der Waals surface area (Å²) in [4.78, 5) is 28.5. The number of halogens is 2. The zero-order chi connectivity index (χ0) is 19.9. The van der Waals surface area contributed by atoms with Crippen LogP contribution in [0.4, 0.5) is 14.5 Å². The number of hydrogen-bond donors (Lipinski definition) is 2. The number of hydrogen-bond acceptors (Lipinski definition) is 3. The van der Waals surface area contributed by atoms with Crippen LogP contribution in [-0.4, -0.2) is 23.3 Å². The number of carbonyl (C=O) groups excluding carboxylic acids is 2. The molecule has 0 fully saturated rings. The van der Waals surface area contributed by atoms with Crippen LogP contribution in [0.15, 0.2) is 66.9 Å². The number of anilines is 1. The zero-order valence-corrected chi connectivity index (χ0v) is 14.8. The van der Waals surface area contributed by atoms with Crippen molar-refractivity contribution in [2.45, 2.75) is 6.42 Å². The number of rotatable bonds is 6. The maximum atomic E-state index is 13.2. The van der Waals surface area contributed by atoms with Crippen molar-refractivity contribution in [1.29, 1.82) is 0 Å². The summed E-state index contributed by atoms with van der Waals surface area (Å²) >= 11 is 0. The molecule has 0 atom stereocenters. The summed E-state index contributed by atoms with van der Waals surface area (Å²) in [5, 5.41) is 5.20. The van der Waals surface area contributed by atoms with Crippen LogP contribution in [0.1, 0.15) is 26.4 Å². The predicted molar refractivity (Wildman–Crippen MR) is 101 cm³/mol. The second-order valence-electron chi connectivity index (χ2n) is 6.00. The molecular formula is C21H17F2N3O2. The van der Waals surface area contributed by atoms with Crippen LogP contribution < -0.4 is 10.6 Å². The summed E-state index contributed by atoms with van der Waals surface area (Å²) in [5.74, 6) is -3.05. The number of nitrogens with one attached hydrogen (secondary N) is 2. The Morgan fingerprint density at radius 2 is 1.68 bits per heavy atom. The summed E-state index contributed by atoms with van der Waals surface area (Å²) in [5.41, 5.74) is 1.45. The normalized spacial score (nSPS) is 10.4. The molecule has 1 aromatic heterocycles. The Morgan fingerprint density at radius 1 is 0.893 bits per heavy atom. The van der Waals surface area contributed by atoms with Crippen molar-refractivity contribution in [3.63, 3.8) is 0 Å². The number of amides is 2. The third-order valence-electron chi connectivity index (χ3n) is 3.97. The fourth-order valence-corrected chi connectivity index (χ4v) is 2.53. The zero-order valence-electron chi connectivity index (χ0n) is 14.8. The van der Waals surface area contributed by atoms with Gasteiger partial charge in [-0.3, -0.25) is 14.6 Å². The van der Waals surface area contributed by atoms with Crippen LogP contribution in [0, 0.1) is 11.6 Å². The van der Waals surface area contributed by atoms with Crippen molar-refractivity contribution in [2.75, 3.05) is 11.9 Å². The monoisotopic (exact) mass is 381 g/mol. The fraction of sp³-hybridized carbons (Fsp3) is 0.0952. The number of nitrogens with zero attached hydrogens (tertiary/aromatic N) is 1.